The van der Waals surface area contributed by atoms with Gasteiger partial charge in [0.2, 0.25) is 0 Å². The fraction of sp³-hybridized carbons (Fsp3) is 1.00. The molecule has 3 heteroatoms. The van der Waals surface area contributed by atoms with E-state index in [0.717, 1.165) is 0 Å². The summed E-state index contributed by atoms with van der Waals surface area (Å²) in [4.78, 5) is 4.82. The smallest absolute Gasteiger partial charge is 0.0747 e. The Morgan fingerprint density at radius 3 is 2.40 bits per heavy atom. The first-order chi connectivity index (χ1) is 4.61. The average Bonchev–Trinajstić information content (AvgIpc) is 1.82. The topological polar surface area (TPSA) is 6.48 Å². The van der Waals surface area contributed by atoms with Crippen molar-refractivity contribution in [2.75, 3.05) is 27.2 Å². The molecule has 0 bridgehead atoms. The summed E-state index contributed by atoms with van der Waals surface area (Å²) in [5.41, 5.74) is 0. The Kier molecular flexibility index (Phi) is 2.94. The highest BCUT2D eigenvalue weighted by Crippen LogP contribution is 2.16. The van der Waals surface area contributed by atoms with Crippen LogP contribution in [0.3, 0.4) is 0 Å². The molecule has 0 aromatic heterocycles. The van der Waals surface area contributed by atoms with Crippen molar-refractivity contribution in [2.45, 2.75) is 17.0 Å². The van der Waals surface area contributed by atoms with E-state index >= 15 is 0 Å². The molecule has 2 unspecified atom stereocenters. The third-order valence-corrected chi connectivity index (χ3v) is 3.45. The average molecular weight is 254 g/mol. The highest BCUT2D eigenvalue weighted by atomic mass is 127. The first kappa shape index (κ1) is 8.74. The molecule has 0 N–H and O–H groups in total. The Labute approximate surface area is 76.7 Å². The molecule has 1 aliphatic heterocycles. The third-order valence-electron chi connectivity index (χ3n) is 2.18. The Morgan fingerprint density at radius 2 is 1.90 bits per heavy atom. The van der Waals surface area contributed by atoms with Gasteiger partial charge >= 0.3 is 0 Å². The molecular weight excluding hydrogens is 239 g/mol. The number of alkyl halides is 1. The number of likely N-dealkylation sites (N-methyl/N-ethyl adjacent to an activating group) is 2. The van der Waals surface area contributed by atoms with Crippen molar-refractivity contribution in [1.29, 1.82) is 0 Å². The normalized spacial score (nSPS) is 38.4. The van der Waals surface area contributed by atoms with E-state index in [2.05, 4.69) is 53.4 Å². The van der Waals surface area contributed by atoms with Crippen molar-refractivity contribution >= 4 is 22.6 Å². The Morgan fingerprint density at radius 1 is 1.30 bits per heavy atom. The number of rotatable bonds is 0. The molecule has 1 fully saturated rings. The molecule has 2 atom stereocenters. The Bertz CT molecular complexity index is 106. The van der Waals surface area contributed by atoms with E-state index in [9.17, 15) is 0 Å². The molecule has 1 heterocycles. The summed E-state index contributed by atoms with van der Waals surface area (Å²) in [5, 5.41) is 0. The van der Waals surface area contributed by atoms with Gasteiger partial charge in [0.25, 0.3) is 0 Å². The standard InChI is InChI=1S/C7H15IN2/c1-6-4-9(2)5-7(8)10(6)3/h6-7H,4-5H2,1-3H3. The zero-order chi connectivity index (χ0) is 7.72. The van der Waals surface area contributed by atoms with Crippen LogP contribution in [0, 0.1) is 0 Å². The molecular formula is C7H15IN2. The van der Waals surface area contributed by atoms with E-state index in [1.54, 1.807) is 0 Å². The van der Waals surface area contributed by atoms with Crippen LogP contribution in [0.1, 0.15) is 6.92 Å². The molecule has 2 nitrogen and oxygen atoms in total. The molecule has 0 radical (unpaired) electrons. The second kappa shape index (κ2) is 3.36. The van der Waals surface area contributed by atoms with Gasteiger partial charge in [-0.1, -0.05) is 22.6 Å². The first-order valence-electron chi connectivity index (χ1n) is 3.66. The summed E-state index contributed by atoms with van der Waals surface area (Å²) >= 11 is 2.50. The van der Waals surface area contributed by atoms with Crippen molar-refractivity contribution in [2.24, 2.45) is 0 Å². The van der Waals surface area contributed by atoms with Crippen LogP contribution in [0.2, 0.25) is 0 Å². The highest BCUT2D eigenvalue weighted by molar-refractivity contribution is 14.1. The van der Waals surface area contributed by atoms with E-state index in [1.165, 1.54) is 13.1 Å². The van der Waals surface area contributed by atoms with Crippen molar-refractivity contribution in [1.82, 2.24) is 9.80 Å². The number of hydrogen-bond acceptors (Lipinski definition) is 2. The Hall–Kier alpha value is 0.650. The number of hydrogen-bond donors (Lipinski definition) is 0. The van der Waals surface area contributed by atoms with Crippen LogP contribution in [-0.2, 0) is 0 Å². The first-order valence-corrected chi connectivity index (χ1v) is 4.90. The minimum Gasteiger partial charge on any atom is -0.302 e. The summed E-state index contributed by atoms with van der Waals surface area (Å²) in [7, 11) is 4.39. The summed E-state index contributed by atoms with van der Waals surface area (Å²) in [6.45, 7) is 4.68. The second-order valence-corrected chi connectivity index (χ2v) is 4.61. The van der Waals surface area contributed by atoms with Gasteiger partial charge in [-0.05, 0) is 21.0 Å². The lowest BCUT2D eigenvalue weighted by atomic mass is 10.2. The maximum atomic E-state index is 2.50. The van der Waals surface area contributed by atoms with Gasteiger partial charge in [-0.25, -0.2) is 0 Å². The molecule has 0 amide bonds. The monoisotopic (exact) mass is 254 g/mol. The van der Waals surface area contributed by atoms with Gasteiger partial charge in [0.1, 0.15) is 0 Å². The fourth-order valence-electron chi connectivity index (χ4n) is 1.32. The molecule has 10 heavy (non-hydrogen) atoms. The van der Waals surface area contributed by atoms with Crippen LogP contribution < -0.4 is 0 Å². The zero-order valence-electron chi connectivity index (χ0n) is 6.84. The predicted molar refractivity (Wildman–Crippen MR) is 52.5 cm³/mol. The molecule has 0 spiro atoms. The molecule has 1 saturated heterocycles. The van der Waals surface area contributed by atoms with Crippen LogP contribution in [0.15, 0.2) is 0 Å². The van der Waals surface area contributed by atoms with Gasteiger partial charge in [0.05, 0.1) is 4.05 Å². The van der Waals surface area contributed by atoms with Crippen molar-refractivity contribution in [3.63, 3.8) is 0 Å². The molecule has 0 aliphatic carbocycles. The molecule has 60 valence electrons. The van der Waals surface area contributed by atoms with Gasteiger partial charge in [0.15, 0.2) is 0 Å². The van der Waals surface area contributed by atoms with E-state index in [4.69, 9.17) is 0 Å². The van der Waals surface area contributed by atoms with Gasteiger partial charge in [0, 0.05) is 19.1 Å². The van der Waals surface area contributed by atoms with Gasteiger partial charge < -0.3 is 4.90 Å². The summed E-state index contributed by atoms with van der Waals surface area (Å²) < 4.78 is 0.686. The quantitative estimate of drug-likeness (QED) is 0.361. The minimum atomic E-state index is 0.686. The van der Waals surface area contributed by atoms with Gasteiger partial charge in [-0.2, -0.15) is 0 Å². The van der Waals surface area contributed by atoms with E-state index in [-0.39, 0.29) is 0 Å². The van der Waals surface area contributed by atoms with Crippen LogP contribution >= 0.6 is 22.6 Å². The van der Waals surface area contributed by atoms with E-state index < -0.39 is 0 Å². The lowest BCUT2D eigenvalue weighted by molar-refractivity contribution is 0.116. The lowest BCUT2D eigenvalue weighted by Gasteiger charge is -2.39. The highest BCUT2D eigenvalue weighted by Gasteiger charge is 2.24. The number of halogens is 1. The molecule has 1 rings (SSSR count). The molecule has 0 saturated carbocycles. The van der Waals surface area contributed by atoms with E-state index in [1.807, 2.05) is 0 Å². The maximum absolute atomic E-state index is 2.50. The largest absolute Gasteiger partial charge is 0.302 e. The van der Waals surface area contributed by atoms with Crippen molar-refractivity contribution < 1.29 is 0 Å². The van der Waals surface area contributed by atoms with Crippen LogP contribution in [0.5, 0.6) is 0 Å². The summed E-state index contributed by atoms with van der Waals surface area (Å²) in [6, 6.07) is 0.709. The lowest BCUT2D eigenvalue weighted by Crippen LogP contribution is -2.52. The van der Waals surface area contributed by atoms with Crippen molar-refractivity contribution in [3.05, 3.63) is 0 Å². The van der Waals surface area contributed by atoms with Gasteiger partial charge in [-0.15, -0.1) is 0 Å². The third kappa shape index (κ3) is 1.83. The minimum absolute atomic E-state index is 0.686. The van der Waals surface area contributed by atoms with Crippen LogP contribution in [0.4, 0.5) is 0 Å². The van der Waals surface area contributed by atoms with Crippen LogP contribution in [-0.4, -0.2) is 47.1 Å². The van der Waals surface area contributed by atoms with Crippen LogP contribution in [0.25, 0.3) is 0 Å². The number of nitrogens with zero attached hydrogens (tertiary/aromatic N) is 2. The molecule has 1 aliphatic rings. The second-order valence-electron chi connectivity index (χ2n) is 3.17. The number of piperazine rings is 1. The summed E-state index contributed by atoms with van der Waals surface area (Å²) in [5.74, 6) is 0. The predicted octanol–water partition coefficient (Wildman–Crippen LogP) is 1.01. The summed E-state index contributed by atoms with van der Waals surface area (Å²) in [6.07, 6.45) is 0. The van der Waals surface area contributed by atoms with Crippen molar-refractivity contribution in [3.8, 4) is 0 Å². The SMILES string of the molecule is CC1CN(C)CC(I)N1C. The Balaban J connectivity index is 2.49. The molecule has 0 aromatic carbocycles. The van der Waals surface area contributed by atoms with Gasteiger partial charge in [-0.3, -0.25) is 4.90 Å². The zero-order valence-corrected chi connectivity index (χ0v) is 9.00. The fourth-order valence-corrected chi connectivity index (χ4v) is 2.54. The maximum Gasteiger partial charge on any atom is 0.0747 e. The van der Waals surface area contributed by atoms with E-state index in [0.29, 0.717) is 10.1 Å². The molecule has 0 aromatic rings.